The third-order valence-electron chi connectivity index (χ3n) is 6.17. The molecule has 0 saturated carbocycles. The molecule has 0 fully saturated rings. The summed E-state index contributed by atoms with van der Waals surface area (Å²) in [4.78, 5) is 0. The summed E-state index contributed by atoms with van der Waals surface area (Å²) in [7, 11) is 13.3. The van der Waals surface area contributed by atoms with Crippen molar-refractivity contribution in [2.45, 2.75) is 76.3 Å². The van der Waals surface area contributed by atoms with E-state index in [0.29, 0.717) is 21.4 Å². The molecule has 2 aromatic carbocycles. The van der Waals surface area contributed by atoms with Crippen LogP contribution in [0.1, 0.15) is 104 Å². The van der Waals surface area contributed by atoms with Crippen molar-refractivity contribution in [3.05, 3.63) is 63.7 Å². The Morgan fingerprint density at radius 1 is 0.862 bits per heavy atom. The van der Waals surface area contributed by atoms with Crippen molar-refractivity contribution in [3.63, 3.8) is 0 Å². The maximum absolute atomic E-state index is 6.64. The van der Waals surface area contributed by atoms with E-state index >= 15 is 0 Å². The molecule has 1 aliphatic carbocycles. The Morgan fingerprint density at radius 3 is 1.90 bits per heavy atom. The summed E-state index contributed by atoms with van der Waals surface area (Å²) in [6, 6.07) is 11.8. The van der Waals surface area contributed by atoms with Crippen LogP contribution in [-0.4, -0.2) is 0 Å². The first-order valence-electron chi connectivity index (χ1n) is 10.9. The van der Waals surface area contributed by atoms with Crippen LogP contribution in [0.5, 0.6) is 0 Å². The van der Waals surface area contributed by atoms with Crippen LogP contribution in [0.4, 0.5) is 0 Å². The third-order valence-corrected chi connectivity index (χ3v) is 11.5. The molecule has 2 aromatic rings. The maximum atomic E-state index is 6.64. The van der Waals surface area contributed by atoms with Crippen LogP contribution in [0.2, 0.25) is 0 Å². The fraction of sp³-hybridized carbons (Fsp3) is 0.462. The van der Waals surface area contributed by atoms with Crippen molar-refractivity contribution in [2.24, 2.45) is 0 Å². The van der Waals surface area contributed by atoms with Gasteiger partial charge in [0.2, 0.25) is 0 Å². The monoisotopic (exact) mass is 505 g/mol. The fourth-order valence-electron chi connectivity index (χ4n) is 4.38. The summed E-state index contributed by atoms with van der Waals surface area (Å²) in [5.41, 5.74) is 11.1. The molecule has 0 aromatic heterocycles. The van der Waals surface area contributed by atoms with Gasteiger partial charge in [0.1, 0.15) is 0 Å². The predicted octanol–water partition coefficient (Wildman–Crippen LogP) is 9.50. The molecule has 0 bridgehead atoms. The first kappa shape index (κ1) is 23.3. The third kappa shape index (κ3) is 4.63. The molecule has 1 unspecified atom stereocenters. The van der Waals surface area contributed by atoms with E-state index in [9.17, 15) is 0 Å². The summed E-state index contributed by atoms with van der Waals surface area (Å²) in [6.45, 7) is 16.0. The molecule has 0 nitrogen and oxygen atoms in total. The summed E-state index contributed by atoms with van der Waals surface area (Å²) < 4.78 is 0.290. The second-order valence-corrected chi connectivity index (χ2v) is 18.0. The van der Waals surface area contributed by atoms with Gasteiger partial charge in [-0.15, -0.1) is 0 Å². The van der Waals surface area contributed by atoms with E-state index in [2.05, 4.69) is 84.9 Å². The first-order chi connectivity index (χ1) is 13.6. The number of hydrogen-bond donors (Lipinski definition) is 0. The van der Waals surface area contributed by atoms with Gasteiger partial charge in [-0.05, 0) is 0 Å². The van der Waals surface area contributed by atoms with E-state index in [1.165, 1.54) is 44.5 Å². The van der Waals surface area contributed by atoms with Crippen molar-refractivity contribution in [2.75, 3.05) is 0 Å². The summed E-state index contributed by atoms with van der Waals surface area (Å²) in [6.07, 6.45) is 3.42. The van der Waals surface area contributed by atoms with E-state index in [-0.39, 0.29) is 0 Å². The molecule has 1 atom stereocenters. The van der Waals surface area contributed by atoms with E-state index in [4.69, 9.17) is 17.0 Å². The molecule has 0 N–H and O–H groups in total. The van der Waals surface area contributed by atoms with Crippen LogP contribution in [0, 0.1) is 0 Å². The van der Waals surface area contributed by atoms with Gasteiger partial charge in [0.15, 0.2) is 0 Å². The first-order valence-corrected chi connectivity index (χ1v) is 18.6. The van der Waals surface area contributed by atoms with Crippen molar-refractivity contribution >= 4 is 23.1 Å². The van der Waals surface area contributed by atoms with Gasteiger partial charge in [0, 0.05) is 0 Å². The number of benzene rings is 2. The number of halogens is 2. The second-order valence-electron chi connectivity index (χ2n) is 9.18. The van der Waals surface area contributed by atoms with Crippen molar-refractivity contribution < 1.29 is 19.4 Å². The average Bonchev–Trinajstić information content (AvgIpc) is 3.05. The molecule has 0 heterocycles. The molecule has 0 amide bonds. The van der Waals surface area contributed by atoms with Gasteiger partial charge in [0.05, 0.1) is 0 Å². The number of fused-ring (bicyclic) bond motifs is 1. The van der Waals surface area contributed by atoms with Gasteiger partial charge >= 0.3 is 194 Å². The Morgan fingerprint density at radius 2 is 1.45 bits per heavy atom. The Bertz CT molecular complexity index is 896. The zero-order valence-corrected chi connectivity index (χ0v) is 22.7. The standard InChI is InChI=1S/C26H33.2ClH.Zr/c1-8-19-11-20-9-10-24(18(6)7)26(25(20)12-19)23-14-21(16(2)3)13-22(15-23)17(4)5;;;/h9-18H,8H2,1-7H3;2*1H;/q;;;+2/p-2. The van der Waals surface area contributed by atoms with Crippen LogP contribution in [0.15, 0.2) is 35.9 Å². The fourth-order valence-corrected chi connectivity index (χ4v) is 10.0. The molecule has 29 heavy (non-hydrogen) atoms. The van der Waals surface area contributed by atoms with Gasteiger partial charge in [-0.2, -0.15) is 0 Å². The Labute approximate surface area is 192 Å². The number of rotatable bonds is 6. The van der Waals surface area contributed by atoms with E-state index < -0.39 is 19.4 Å². The summed E-state index contributed by atoms with van der Waals surface area (Å²) >= 11 is -2.47. The number of hydrogen-bond acceptors (Lipinski definition) is 0. The topological polar surface area (TPSA) is 0 Å². The molecular formula is C26H33Cl2Zr. The van der Waals surface area contributed by atoms with Crippen LogP contribution in [0.3, 0.4) is 0 Å². The van der Waals surface area contributed by atoms with Crippen LogP contribution < -0.4 is 0 Å². The number of allylic oxidation sites excluding steroid dienone is 1. The second kappa shape index (κ2) is 9.42. The van der Waals surface area contributed by atoms with Gasteiger partial charge in [-0.1, -0.05) is 0 Å². The van der Waals surface area contributed by atoms with E-state index in [0.717, 1.165) is 6.42 Å². The molecule has 3 rings (SSSR count). The molecule has 0 radical (unpaired) electrons. The molecule has 3 heteroatoms. The van der Waals surface area contributed by atoms with Gasteiger partial charge < -0.3 is 0 Å². The Hall–Kier alpha value is -0.357. The van der Waals surface area contributed by atoms with E-state index in [1.54, 1.807) is 0 Å². The van der Waals surface area contributed by atoms with Crippen molar-refractivity contribution in [1.82, 2.24) is 0 Å². The van der Waals surface area contributed by atoms with Crippen LogP contribution >= 0.6 is 17.0 Å². The summed E-state index contributed by atoms with van der Waals surface area (Å²) in [5.74, 6) is 1.47. The predicted molar refractivity (Wildman–Crippen MR) is 127 cm³/mol. The van der Waals surface area contributed by atoms with Crippen molar-refractivity contribution in [1.29, 1.82) is 0 Å². The van der Waals surface area contributed by atoms with Crippen LogP contribution in [0.25, 0.3) is 17.2 Å². The normalized spacial score (nSPS) is 16.0. The molecule has 1 aliphatic rings. The minimum absolute atomic E-state index is 0.290. The van der Waals surface area contributed by atoms with Gasteiger partial charge in [-0.3, -0.25) is 0 Å². The molecule has 0 spiro atoms. The van der Waals surface area contributed by atoms with Crippen LogP contribution in [-0.2, 0) is 19.4 Å². The van der Waals surface area contributed by atoms with Crippen molar-refractivity contribution in [3.8, 4) is 11.1 Å². The SMILES string of the molecule is CCC1=Cc2c(ccc(C(C)C)c2-c2cc(C(C)C)cc(C(C)C)c2)[CH]1[Zr]([Cl])[Cl]. The van der Waals surface area contributed by atoms with E-state index in [1.807, 2.05) is 0 Å². The minimum atomic E-state index is -2.47. The molecule has 0 aliphatic heterocycles. The molecular weight excluding hydrogens is 474 g/mol. The summed E-state index contributed by atoms with van der Waals surface area (Å²) in [5, 5.41) is 0. The molecule has 155 valence electrons. The van der Waals surface area contributed by atoms with Gasteiger partial charge in [0.25, 0.3) is 0 Å². The average molecular weight is 508 g/mol. The van der Waals surface area contributed by atoms with Gasteiger partial charge in [-0.25, -0.2) is 0 Å². The zero-order chi connectivity index (χ0) is 21.5. The Balaban J connectivity index is 2.34. The zero-order valence-electron chi connectivity index (χ0n) is 18.7. The molecule has 0 saturated heterocycles. The quantitative estimate of drug-likeness (QED) is 0.365. The Kier molecular flexibility index (Phi) is 7.57.